The van der Waals surface area contributed by atoms with Crippen LogP contribution in [0.25, 0.3) is 0 Å². The van der Waals surface area contributed by atoms with Crippen molar-refractivity contribution in [2.24, 2.45) is 31.9 Å². The molecule has 1 aliphatic heterocycles. The fourth-order valence-electron chi connectivity index (χ4n) is 1.38. The Morgan fingerprint density at radius 1 is 1.17 bits per heavy atom. The van der Waals surface area contributed by atoms with Crippen LogP contribution in [0.4, 0.5) is 5.69 Å². The number of nitrogens with two attached hydrogens (primary N) is 2. The van der Waals surface area contributed by atoms with Gasteiger partial charge in [0.1, 0.15) is 0 Å². The lowest BCUT2D eigenvalue weighted by Crippen LogP contribution is -2.35. The number of hydrogen-bond acceptors (Lipinski definition) is 7. The summed E-state index contributed by atoms with van der Waals surface area (Å²) in [5.41, 5.74) is 12.3. The molecule has 4 N–H and O–H groups in total. The average molecular weight is 244 g/mol. The smallest absolute Gasteiger partial charge is 0.189 e. The van der Waals surface area contributed by atoms with E-state index in [2.05, 4.69) is 20.4 Å². The van der Waals surface area contributed by atoms with Gasteiger partial charge in [-0.2, -0.15) is 10.2 Å². The lowest BCUT2D eigenvalue weighted by molar-refractivity contribution is 0.101. The van der Waals surface area contributed by atoms with Gasteiger partial charge < -0.3 is 11.5 Å². The molecule has 0 radical (unpaired) electrons. The Morgan fingerprint density at radius 2 is 1.72 bits per heavy atom. The summed E-state index contributed by atoms with van der Waals surface area (Å²) in [6.07, 6.45) is 0. The van der Waals surface area contributed by atoms with Crippen molar-refractivity contribution < 1.29 is 4.79 Å². The summed E-state index contributed by atoms with van der Waals surface area (Å²) in [5, 5.41) is 15.2. The Morgan fingerprint density at radius 3 is 2.22 bits per heavy atom. The van der Waals surface area contributed by atoms with Crippen molar-refractivity contribution in [3.63, 3.8) is 0 Å². The van der Waals surface area contributed by atoms with E-state index in [0.29, 0.717) is 11.3 Å². The van der Waals surface area contributed by atoms with E-state index in [1.807, 2.05) is 0 Å². The van der Waals surface area contributed by atoms with E-state index >= 15 is 0 Å². The topological polar surface area (TPSA) is 119 Å². The molecule has 1 aromatic carbocycles. The molecule has 0 bridgehead atoms. The quantitative estimate of drug-likeness (QED) is 0.609. The maximum absolute atomic E-state index is 11.1. The van der Waals surface area contributed by atoms with E-state index < -0.39 is 6.04 Å². The molecule has 18 heavy (non-hydrogen) atoms. The monoisotopic (exact) mass is 244 g/mol. The van der Waals surface area contributed by atoms with Crippen molar-refractivity contribution in [1.82, 2.24) is 0 Å². The van der Waals surface area contributed by atoms with Gasteiger partial charge in [0.15, 0.2) is 23.5 Å². The van der Waals surface area contributed by atoms with Crippen molar-refractivity contribution in [2.45, 2.75) is 13.0 Å². The van der Waals surface area contributed by atoms with Crippen LogP contribution in [0.5, 0.6) is 0 Å². The number of Topliss-reactive ketones (excluding diaryl/α,β-unsaturated/α-hetero) is 1. The Kier molecular flexibility index (Phi) is 3.13. The largest absolute Gasteiger partial charge is 0.383 e. The van der Waals surface area contributed by atoms with Crippen LogP contribution in [0, 0.1) is 0 Å². The van der Waals surface area contributed by atoms with Crippen LogP contribution < -0.4 is 11.5 Å². The lowest BCUT2D eigenvalue weighted by Gasteiger charge is -2.02. The number of ketones is 1. The van der Waals surface area contributed by atoms with E-state index in [1.165, 1.54) is 6.92 Å². The van der Waals surface area contributed by atoms with E-state index in [4.69, 9.17) is 11.5 Å². The third kappa shape index (κ3) is 2.40. The first-order valence-corrected chi connectivity index (χ1v) is 5.26. The molecule has 0 aliphatic carbocycles. The molecule has 2 rings (SSSR count). The molecule has 7 nitrogen and oxygen atoms in total. The molecule has 0 saturated carbocycles. The van der Waals surface area contributed by atoms with Crippen LogP contribution in [0.15, 0.2) is 44.7 Å². The third-order valence-corrected chi connectivity index (χ3v) is 2.40. The van der Waals surface area contributed by atoms with Gasteiger partial charge in [0, 0.05) is 5.56 Å². The zero-order chi connectivity index (χ0) is 13.1. The summed E-state index contributed by atoms with van der Waals surface area (Å²) >= 11 is 0. The summed E-state index contributed by atoms with van der Waals surface area (Å²) in [5.74, 6) is 0.440. The zero-order valence-corrected chi connectivity index (χ0v) is 9.74. The lowest BCUT2D eigenvalue weighted by atomic mass is 10.1. The highest BCUT2D eigenvalue weighted by molar-refractivity contribution is 6.11. The van der Waals surface area contributed by atoms with Crippen molar-refractivity contribution in [1.29, 1.82) is 0 Å². The number of benzene rings is 1. The van der Waals surface area contributed by atoms with Crippen LogP contribution in [0.1, 0.15) is 17.3 Å². The number of nitrogens with zero attached hydrogens (tertiary/aromatic N) is 4. The van der Waals surface area contributed by atoms with Crippen LogP contribution in [0.2, 0.25) is 0 Å². The van der Waals surface area contributed by atoms with Crippen LogP contribution in [0.3, 0.4) is 0 Å². The minimum Gasteiger partial charge on any atom is -0.383 e. The number of rotatable bonds is 3. The number of carbonyl (C=O) groups is 1. The second kappa shape index (κ2) is 4.74. The summed E-state index contributed by atoms with van der Waals surface area (Å²) in [4.78, 5) is 11.1. The van der Waals surface area contributed by atoms with Crippen LogP contribution in [-0.2, 0) is 0 Å². The van der Waals surface area contributed by atoms with Gasteiger partial charge >= 0.3 is 0 Å². The minimum atomic E-state index is -0.600. The molecule has 1 aromatic rings. The molecule has 1 heterocycles. The molecule has 0 amide bonds. The maximum atomic E-state index is 11.1. The number of amidine groups is 2. The highest BCUT2D eigenvalue weighted by Gasteiger charge is 2.22. The van der Waals surface area contributed by atoms with Gasteiger partial charge in [-0.25, -0.2) is 0 Å². The molecule has 0 aromatic heterocycles. The highest BCUT2D eigenvalue weighted by Crippen LogP contribution is 2.15. The molecule has 0 unspecified atom stereocenters. The maximum Gasteiger partial charge on any atom is 0.189 e. The second-order valence-corrected chi connectivity index (χ2v) is 3.77. The molecule has 1 aliphatic rings. The first-order valence-electron chi connectivity index (χ1n) is 5.26. The summed E-state index contributed by atoms with van der Waals surface area (Å²) in [7, 11) is 0. The highest BCUT2D eigenvalue weighted by atomic mass is 16.1. The number of hydrogen-bond donors (Lipinski definition) is 2. The van der Waals surface area contributed by atoms with Crippen molar-refractivity contribution in [3.8, 4) is 0 Å². The normalized spacial score (nSPS) is 15.8. The molecule has 0 spiro atoms. The van der Waals surface area contributed by atoms with Gasteiger partial charge in [0.25, 0.3) is 0 Å². The Bertz CT molecular complexity index is 539. The van der Waals surface area contributed by atoms with E-state index in [9.17, 15) is 4.79 Å². The van der Waals surface area contributed by atoms with E-state index in [1.54, 1.807) is 24.3 Å². The van der Waals surface area contributed by atoms with Gasteiger partial charge in [0.05, 0.1) is 5.69 Å². The molecule has 0 atom stereocenters. The molecule has 0 saturated heterocycles. The van der Waals surface area contributed by atoms with Gasteiger partial charge in [0.2, 0.25) is 0 Å². The van der Waals surface area contributed by atoms with Crippen molar-refractivity contribution in [2.75, 3.05) is 0 Å². The number of azo groups is 1. The Balaban J connectivity index is 2.12. The Labute approximate surface area is 103 Å². The van der Waals surface area contributed by atoms with Crippen LogP contribution >= 0.6 is 0 Å². The summed E-state index contributed by atoms with van der Waals surface area (Å²) in [6, 6.07) is 6.14. The zero-order valence-electron chi connectivity index (χ0n) is 9.74. The predicted octanol–water partition coefficient (Wildman–Crippen LogP) is 0.984. The molecule has 92 valence electrons. The van der Waals surface area contributed by atoms with Gasteiger partial charge in [-0.3, -0.25) is 4.79 Å². The molecule has 0 fully saturated rings. The van der Waals surface area contributed by atoms with Gasteiger partial charge in [-0.1, -0.05) is 0 Å². The van der Waals surface area contributed by atoms with E-state index in [0.717, 1.165) is 0 Å². The SMILES string of the molecule is CC(=O)c1ccc(N=NC2C(N)=NN=C2N)cc1. The first-order chi connectivity index (χ1) is 8.58. The fourth-order valence-corrected chi connectivity index (χ4v) is 1.38. The predicted molar refractivity (Wildman–Crippen MR) is 68.0 cm³/mol. The second-order valence-electron chi connectivity index (χ2n) is 3.77. The minimum absolute atomic E-state index is 0.00189. The van der Waals surface area contributed by atoms with Crippen LogP contribution in [-0.4, -0.2) is 23.5 Å². The number of carbonyl (C=O) groups excluding carboxylic acids is 1. The first kappa shape index (κ1) is 11.9. The van der Waals surface area contributed by atoms with Crippen molar-refractivity contribution in [3.05, 3.63) is 29.8 Å². The third-order valence-electron chi connectivity index (χ3n) is 2.40. The Hall–Kier alpha value is -2.57. The average Bonchev–Trinajstić information content (AvgIpc) is 2.67. The summed E-state index contributed by atoms with van der Waals surface area (Å²) < 4.78 is 0. The standard InChI is InChI=1S/C11H12N6O/c1-6(18)7-2-4-8(5-3-7)14-15-9-10(12)16-17-11(9)13/h2-5,9H,1H3,(H2,12,16)(H2,13,17). The van der Waals surface area contributed by atoms with Gasteiger partial charge in [-0.15, -0.1) is 10.2 Å². The van der Waals surface area contributed by atoms with Crippen molar-refractivity contribution >= 4 is 23.1 Å². The fraction of sp³-hybridized carbons (Fsp3) is 0.182. The molecular weight excluding hydrogens is 232 g/mol. The molecular formula is C11H12N6O. The van der Waals surface area contributed by atoms with Gasteiger partial charge in [-0.05, 0) is 31.2 Å². The summed E-state index contributed by atoms with van der Waals surface area (Å²) in [6.45, 7) is 1.50. The van der Waals surface area contributed by atoms with E-state index in [-0.39, 0.29) is 17.5 Å². The molecule has 7 heteroatoms.